The zero-order valence-corrected chi connectivity index (χ0v) is 9.60. The van der Waals surface area contributed by atoms with Crippen LogP contribution in [0.2, 0.25) is 0 Å². The molecule has 5 heteroatoms. The minimum Gasteiger partial charge on any atom is -0.489 e. The van der Waals surface area contributed by atoms with Gasteiger partial charge < -0.3 is 9.47 Å². The van der Waals surface area contributed by atoms with Crippen molar-refractivity contribution in [1.29, 1.82) is 0 Å². The van der Waals surface area contributed by atoms with E-state index in [1.165, 1.54) is 31.0 Å². The fraction of sp³-hybridized carbons (Fsp3) is 0.364. The summed E-state index contributed by atoms with van der Waals surface area (Å²) in [5.41, 5.74) is 0.366. The van der Waals surface area contributed by atoms with E-state index >= 15 is 0 Å². The molecule has 1 aromatic rings. The van der Waals surface area contributed by atoms with Crippen molar-refractivity contribution >= 4 is 17.7 Å². The van der Waals surface area contributed by atoms with Crippen molar-refractivity contribution in [1.82, 2.24) is 0 Å². The van der Waals surface area contributed by atoms with Crippen LogP contribution in [0.5, 0.6) is 5.75 Å². The standard InChI is InChI=1S/C11H11FO3S/c1-14-11(13)7-3-4-8(12)9-10(7)16-6-2-5-15-9/h3-4H,2,5-6H2,1H3. The van der Waals surface area contributed by atoms with Gasteiger partial charge in [-0.25, -0.2) is 9.18 Å². The number of halogens is 1. The maximum Gasteiger partial charge on any atom is 0.339 e. The van der Waals surface area contributed by atoms with Gasteiger partial charge in [-0.2, -0.15) is 0 Å². The number of thioether (sulfide) groups is 1. The number of ether oxygens (including phenoxy) is 2. The highest BCUT2D eigenvalue weighted by Gasteiger charge is 2.22. The Bertz CT molecular complexity index is 420. The fourth-order valence-electron chi connectivity index (χ4n) is 1.49. The third-order valence-corrected chi connectivity index (χ3v) is 3.44. The van der Waals surface area contributed by atoms with Crippen LogP contribution in [0, 0.1) is 5.82 Å². The van der Waals surface area contributed by atoms with E-state index in [4.69, 9.17) is 4.74 Å². The first kappa shape index (κ1) is 11.3. The van der Waals surface area contributed by atoms with Gasteiger partial charge in [0.25, 0.3) is 0 Å². The van der Waals surface area contributed by atoms with E-state index in [1.807, 2.05) is 0 Å². The molecular weight excluding hydrogens is 231 g/mol. The van der Waals surface area contributed by atoms with Crippen LogP contribution in [0.15, 0.2) is 17.0 Å². The normalized spacial score (nSPS) is 14.6. The summed E-state index contributed by atoms with van der Waals surface area (Å²) in [6.07, 6.45) is 0.833. The van der Waals surface area contributed by atoms with Gasteiger partial charge >= 0.3 is 5.97 Å². The monoisotopic (exact) mass is 242 g/mol. The molecule has 0 amide bonds. The Morgan fingerprint density at radius 3 is 3.12 bits per heavy atom. The summed E-state index contributed by atoms with van der Waals surface area (Å²) in [4.78, 5) is 12.0. The second-order valence-electron chi connectivity index (χ2n) is 3.30. The van der Waals surface area contributed by atoms with Crippen LogP contribution in [-0.4, -0.2) is 25.4 Å². The van der Waals surface area contributed by atoms with Gasteiger partial charge in [0, 0.05) is 5.75 Å². The number of rotatable bonds is 1. The summed E-state index contributed by atoms with van der Waals surface area (Å²) in [5.74, 6) is 0.0807. The summed E-state index contributed by atoms with van der Waals surface area (Å²) in [6, 6.07) is 2.67. The summed E-state index contributed by atoms with van der Waals surface area (Å²) in [5, 5.41) is 0. The highest BCUT2D eigenvalue weighted by Crippen LogP contribution is 2.37. The van der Waals surface area contributed by atoms with Crippen molar-refractivity contribution < 1.29 is 18.7 Å². The smallest absolute Gasteiger partial charge is 0.339 e. The summed E-state index contributed by atoms with van der Waals surface area (Å²) < 4.78 is 23.5. The van der Waals surface area contributed by atoms with Crippen molar-refractivity contribution in [3.05, 3.63) is 23.5 Å². The van der Waals surface area contributed by atoms with E-state index in [9.17, 15) is 9.18 Å². The van der Waals surface area contributed by atoms with Gasteiger partial charge in [0.1, 0.15) is 0 Å². The lowest BCUT2D eigenvalue weighted by Crippen LogP contribution is -2.05. The lowest BCUT2D eigenvalue weighted by molar-refractivity contribution is 0.0595. The summed E-state index contributed by atoms with van der Waals surface area (Å²) in [7, 11) is 1.31. The van der Waals surface area contributed by atoms with E-state index in [2.05, 4.69) is 4.74 Å². The van der Waals surface area contributed by atoms with Crippen LogP contribution in [0.3, 0.4) is 0 Å². The van der Waals surface area contributed by atoms with Gasteiger partial charge in [0.2, 0.25) is 0 Å². The highest BCUT2D eigenvalue weighted by molar-refractivity contribution is 7.99. The summed E-state index contributed by atoms with van der Waals surface area (Å²) >= 11 is 1.43. The zero-order chi connectivity index (χ0) is 11.5. The molecular formula is C11H11FO3S. The molecule has 0 fully saturated rings. The average Bonchev–Trinajstić information content (AvgIpc) is 2.55. The Labute approximate surface area is 96.9 Å². The van der Waals surface area contributed by atoms with Crippen LogP contribution >= 0.6 is 11.8 Å². The molecule has 0 unspecified atom stereocenters. The van der Waals surface area contributed by atoms with Crippen molar-refractivity contribution in [3.8, 4) is 5.75 Å². The Morgan fingerprint density at radius 1 is 1.56 bits per heavy atom. The first-order chi connectivity index (χ1) is 7.74. The van der Waals surface area contributed by atoms with E-state index < -0.39 is 11.8 Å². The van der Waals surface area contributed by atoms with E-state index in [-0.39, 0.29) is 5.75 Å². The number of fused-ring (bicyclic) bond motifs is 1. The third kappa shape index (κ3) is 2.00. The molecule has 0 saturated heterocycles. The van der Waals surface area contributed by atoms with E-state index in [0.29, 0.717) is 17.1 Å². The molecule has 1 aromatic carbocycles. The van der Waals surface area contributed by atoms with Gasteiger partial charge in [0.05, 0.1) is 24.2 Å². The van der Waals surface area contributed by atoms with Crippen LogP contribution < -0.4 is 4.74 Å². The number of carbonyl (C=O) groups is 1. The molecule has 2 rings (SSSR count). The zero-order valence-electron chi connectivity index (χ0n) is 8.79. The molecule has 0 radical (unpaired) electrons. The molecule has 0 saturated carbocycles. The molecule has 86 valence electrons. The molecule has 1 aliphatic heterocycles. The molecule has 3 nitrogen and oxygen atoms in total. The fourth-order valence-corrected chi connectivity index (χ4v) is 2.56. The molecule has 1 aliphatic rings. The largest absolute Gasteiger partial charge is 0.489 e. The average molecular weight is 242 g/mol. The molecule has 0 bridgehead atoms. The maximum absolute atomic E-state index is 13.5. The Balaban J connectivity index is 2.51. The van der Waals surface area contributed by atoms with Crippen LogP contribution in [0.25, 0.3) is 0 Å². The molecule has 0 spiro atoms. The number of carbonyl (C=O) groups excluding carboxylic acids is 1. The Morgan fingerprint density at radius 2 is 2.38 bits per heavy atom. The number of methoxy groups -OCH3 is 1. The topological polar surface area (TPSA) is 35.5 Å². The molecule has 0 aliphatic carbocycles. The molecule has 0 aromatic heterocycles. The SMILES string of the molecule is COC(=O)c1ccc(F)c2c1SCCCO2. The maximum atomic E-state index is 13.5. The third-order valence-electron chi connectivity index (χ3n) is 2.25. The minimum atomic E-state index is -0.464. The van der Waals surface area contributed by atoms with Crippen LogP contribution in [0.4, 0.5) is 4.39 Å². The summed E-state index contributed by atoms with van der Waals surface area (Å²) in [6.45, 7) is 0.474. The predicted octanol–water partition coefficient (Wildman–Crippen LogP) is 2.49. The molecule has 1 heterocycles. The lowest BCUT2D eigenvalue weighted by atomic mass is 10.2. The molecule has 0 N–H and O–H groups in total. The number of esters is 1. The molecule has 16 heavy (non-hydrogen) atoms. The van der Waals surface area contributed by atoms with Gasteiger partial charge in [-0.05, 0) is 18.6 Å². The van der Waals surface area contributed by atoms with E-state index in [1.54, 1.807) is 0 Å². The second kappa shape index (κ2) is 4.74. The number of benzene rings is 1. The van der Waals surface area contributed by atoms with Crippen molar-refractivity contribution in [2.45, 2.75) is 11.3 Å². The Hall–Kier alpha value is -1.23. The number of hydrogen-bond donors (Lipinski definition) is 0. The Kier molecular flexibility index (Phi) is 3.33. The van der Waals surface area contributed by atoms with Crippen molar-refractivity contribution in [3.63, 3.8) is 0 Å². The van der Waals surface area contributed by atoms with Gasteiger partial charge in [-0.15, -0.1) is 11.8 Å². The minimum absolute atomic E-state index is 0.172. The molecule has 0 atom stereocenters. The van der Waals surface area contributed by atoms with Crippen molar-refractivity contribution in [2.75, 3.05) is 19.5 Å². The second-order valence-corrected chi connectivity index (χ2v) is 4.40. The quantitative estimate of drug-likeness (QED) is 0.709. The van der Waals surface area contributed by atoms with Gasteiger partial charge in [0.15, 0.2) is 11.6 Å². The van der Waals surface area contributed by atoms with Gasteiger partial charge in [-0.1, -0.05) is 0 Å². The van der Waals surface area contributed by atoms with E-state index in [0.717, 1.165) is 12.2 Å². The highest BCUT2D eigenvalue weighted by atomic mass is 32.2. The number of hydrogen-bond acceptors (Lipinski definition) is 4. The van der Waals surface area contributed by atoms with Crippen molar-refractivity contribution in [2.24, 2.45) is 0 Å². The first-order valence-corrected chi connectivity index (χ1v) is 5.89. The predicted molar refractivity (Wildman–Crippen MR) is 58.6 cm³/mol. The van der Waals surface area contributed by atoms with Gasteiger partial charge in [-0.3, -0.25) is 0 Å². The van der Waals surface area contributed by atoms with Crippen LogP contribution in [0.1, 0.15) is 16.8 Å². The first-order valence-electron chi connectivity index (χ1n) is 4.90. The lowest BCUT2D eigenvalue weighted by Gasteiger charge is -2.10. The van der Waals surface area contributed by atoms with Crippen LogP contribution in [-0.2, 0) is 4.74 Å².